The second-order valence-electron chi connectivity index (χ2n) is 5.24. The topological polar surface area (TPSA) is 97.5 Å². The van der Waals surface area contributed by atoms with Crippen molar-refractivity contribution in [2.75, 3.05) is 18.9 Å². The Hall–Kier alpha value is -3.00. The number of H-pyrrole nitrogens is 1. The Balaban J connectivity index is 2.02. The van der Waals surface area contributed by atoms with Crippen LogP contribution in [0.1, 0.15) is 0 Å². The van der Waals surface area contributed by atoms with Gasteiger partial charge in [0, 0.05) is 17.6 Å². The lowest BCUT2D eigenvalue weighted by Crippen LogP contribution is -2.14. The monoisotopic (exact) mass is 360 g/mol. The third kappa shape index (κ3) is 3.43. The summed E-state index contributed by atoms with van der Waals surface area (Å²) in [6.45, 7) is 0. The van der Waals surface area contributed by atoms with Crippen molar-refractivity contribution in [3.8, 4) is 11.5 Å². The maximum atomic E-state index is 12.7. The van der Waals surface area contributed by atoms with Crippen molar-refractivity contribution >= 4 is 26.6 Å². The van der Waals surface area contributed by atoms with Crippen molar-refractivity contribution in [2.45, 2.75) is 4.90 Å². The highest BCUT2D eigenvalue weighted by Crippen LogP contribution is 2.31. The molecule has 0 bridgehead atoms. The van der Waals surface area contributed by atoms with Crippen molar-refractivity contribution < 1.29 is 17.9 Å². The van der Waals surface area contributed by atoms with E-state index >= 15 is 0 Å². The molecule has 1 aromatic heterocycles. The van der Waals surface area contributed by atoms with E-state index in [9.17, 15) is 13.2 Å². The number of anilines is 1. The van der Waals surface area contributed by atoms with E-state index in [1.807, 2.05) is 0 Å². The minimum Gasteiger partial charge on any atom is -0.497 e. The Bertz CT molecular complexity index is 1090. The average Bonchev–Trinajstić information content (AvgIpc) is 2.60. The van der Waals surface area contributed by atoms with Gasteiger partial charge in [-0.2, -0.15) is 0 Å². The fraction of sp³-hybridized carbons (Fsp3) is 0.118. The van der Waals surface area contributed by atoms with E-state index in [1.54, 1.807) is 24.3 Å². The third-order valence-electron chi connectivity index (χ3n) is 3.66. The Morgan fingerprint density at radius 2 is 1.76 bits per heavy atom. The molecule has 0 saturated heterocycles. The molecule has 0 amide bonds. The molecule has 2 N–H and O–H groups in total. The minimum absolute atomic E-state index is 0.0666. The minimum atomic E-state index is -3.85. The Morgan fingerprint density at radius 3 is 2.48 bits per heavy atom. The molecule has 0 fully saturated rings. The molecule has 7 nitrogen and oxygen atoms in total. The van der Waals surface area contributed by atoms with Gasteiger partial charge < -0.3 is 14.5 Å². The Labute approximate surface area is 144 Å². The number of benzene rings is 2. The van der Waals surface area contributed by atoms with Crippen LogP contribution in [0.3, 0.4) is 0 Å². The van der Waals surface area contributed by atoms with Crippen molar-refractivity contribution in [2.24, 2.45) is 0 Å². The van der Waals surface area contributed by atoms with Gasteiger partial charge in [-0.3, -0.25) is 9.52 Å². The molecule has 0 radical (unpaired) electrons. The fourth-order valence-corrected chi connectivity index (χ4v) is 3.49. The third-order valence-corrected chi connectivity index (χ3v) is 5.02. The first-order valence-corrected chi connectivity index (χ1v) is 8.79. The summed E-state index contributed by atoms with van der Waals surface area (Å²) in [6, 6.07) is 12.2. The molecule has 1 heterocycles. The van der Waals surface area contributed by atoms with Gasteiger partial charge in [0.05, 0.1) is 24.8 Å². The molecule has 0 spiro atoms. The fourth-order valence-electron chi connectivity index (χ4n) is 2.40. The largest absolute Gasteiger partial charge is 0.497 e. The van der Waals surface area contributed by atoms with Gasteiger partial charge in [0.2, 0.25) is 5.56 Å². The molecule has 2 aromatic carbocycles. The number of methoxy groups -OCH3 is 2. The standard InChI is InChI=1S/C17H16N2O5S/c1-23-12-4-7-16(24-2)15(10-12)19-25(21,22)13-5-6-14-11(9-13)3-8-17(20)18-14/h3-10,19H,1-2H3,(H,18,20). The van der Waals surface area contributed by atoms with Crippen molar-refractivity contribution in [3.63, 3.8) is 0 Å². The lowest BCUT2D eigenvalue weighted by atomic mass is 10.2. The lowest BCUT2D eigenvalue weighted by Gasteiger charge is -2.13. The van der Waals surface area contributed by atoms with E-state index in [0.29, 0.717) is 22.4 Å². The highest BCUT2D eigenvalue weighted by Gasteiger charge is 2.17. The summed E-state index contributed by atoms with van der Waals surface area (Å²) in [6.07, 6.45) is 0. The van der Waals surface area contributed by atoms with Gasteiger partial charge >= 0.3 is 0 Å². The quantitative estimate of drug-likeness (QED) is 0.728. The molecular formula is C17H16N2O5S. The summed E-state index contributed by atoms with van der Waals surface area (Å²) in [5.74, 6) is 0.865. The molecule has 0 atom stereocenters. The number of aromatic amines is 1. The number of aromatic nitrogens is 1. The van der Waals surface area contributed by atoms with E-state index in [0.717, 1.165) is 0 Å². The first kappa shape index (κ1) is 16.8. The zero-order valence-electron chi connectivity index (χ0n) is 13.6. The van der Waals surface area contributed by atoms with Gasteiger partial charge in [-0.15, -0.1) is 0 Å². The van der Waals surface area contributed by atoms with Gasteiger partial charge in [-0.05, 0) is 41.8 Å². The first-order valence-electron chi connectivity index (χ1n) is 7.31. The number of hydrogen-bond donors (Lipinski definition) is 2. The van der Waals surface area contributed by atoms with Gasteiger partial charge in [-0.1, -0.05) is 0 Å². The average molecular weight is 360 g/mol. The van der Waals surface area contributed by atoms with Crippen LogP contribution in [0.15, 0.2) is 58.2 Å². The van der Waals surface area contributed by atoms with E-state index in [-0.39, 0.29) is 16.1 Å². The zero-order chi connectivity index (χ0) is 18.0. The number of ether oxygens (including phenoxy) is 2. The van der Waals surface area contributed by atoms with Gasteiger partial charge in [-0.25, -0.2) is 8.42 Å². The summed E-state index contributed by atoms with van der Waals surface area (Å²) in [4.78, 5) is 14.0. The second kappa shape index (κ2) is 6.48. The highest BCUT2D eigenvalue weighted by molar-refractivity contribution is 7.92. The van der Waals surface area contributed by atoms with E-state index in [1.165, 1.54) is 38.5 Å². The lowest BCUT2D eigenvalue weighted by molar-refractivity contribution is 0.405. The normalized spacial score (nSPS) is 11.3. The van der Waals surface area contributed by atoms with Crippen molar-refractivity contribution in [3.05, 3.63) is 58.9 Å². The molecular weight excluding hydrogens is 344 g/mol. The zero-order valence-corrected chi connectivity index (χ0v) is 14.4. The van der Waals surface area contributed by atoms with Crippen LogP contribution in [0.4, 0.5) is 5.69 Å². The number of pyridine rings is 1. The van der Waals surface area contributed by atoms with Crippen LogP contribution in [0.5, 0.6) is 11.5 Å². The summed E-state index contributed by atoms with van der Waals surface area (Å²) in [7, 11) is -0.909. The van der Waals surface area contributed by atoms with Gasteiger partial charge in [0.25, 0.3) is 10.0 Å². The van der Waals surface area contributed by atoms with Crippen molar-refractivity contribution in [1.29, 1.82) is 0 Å². The molecule has 0 aliphatic rings. The second-order valence-corrected chi connectivity index (χ2v) is 6.93. The molecule has 25 heavy (non-hydrogen) atoms. The van der Waals surface area contributed by atoms with Crippen LogP contribution in [-0.2, 0) is 10.0 Å². The van der Waals surface area contributed by atoms with Crippen LogP contribution >= 0.6 is 0 Å². The maximum Gasteiger partial charge on any atom is 0.262 e. The number of nitrogens with one attached hydrogen (secondary N) is 2. The van der Waals surface area contributed by atoms with Gasteiger partial charge in [0.15, 0.2) is 0 Å². The molecule has 0 aliphatic carbocycles. The van der Waals surface area contributed by atoms with Crippen LogP contribution < -0.4 is 19.8 Å². The van der Waals surface area contributed by atoms with Gasteiger partial charge in [0.1, 0.15) is 11.5 Å². The van der Waals surface area contributed by atoms with E-state index < -0.39 is 10.0 Å². The molecule has 0 saturated carbocycles. The first-order chi connectivity index (χ1) is 11.9. The predicted octanol–water partition coefficient (Wildman–Crippen LogP) is 2.35. The summed E-state index contributed by atoms with van der Waals surface area (Å²) < 4.78 is 38.2. The van der Waals surface area contributed by atoms with Crippen LogP contribution in [0, 0.1) is 0 Å². The number of fused-ring (bicyclic) bond motifs is 1. The van der Waals surface area contributed by atoms with E-state index in [2.05, 4.69) is 9.71 Å². The molecule has 130 valence electrons. The molecule has 3 rings (SSSR count). The van der Waals surface area contributed by atoms with Crippen molar-refractivity contribution in [1.82, 2.24) is 4.98 Å². The predicted molar refractivity (Wildman–Crippen MR) is 94.9 cm³/mol. The molecule has 8 heteroatoms. The number of sulfonamides is 1. The Morgan fingerprint density at radius 1 is 0.960 bits per heavy atom. The van der Waals surface area contributed by atoms with E-state index in [4.69, 9.17) is 9.47 Å². The molecule has 3 aromatic rings. The highest BCUT2D eigenvalue weighted by atomic mass is 32.2. The smallest absolute Gasteiger partial charge is 0.262 e. The molecule has 0 unspecified atom stereocenters. The number of hydrogen-bond acceptors (Lipinski definition) is 5. The van der Waals surface area contributed by atoms with Crippen LogP contribution in [0.25, 0.3) is 10.9 Å². The maximum absolute atomic E-state index is 12.7. The SMILES string of the molecule is COc1ccc(OC)c(NS(=O)(=O)c2ccc3[nH]c(=O)ccc3c2)c1. The van der Waals surface area contributed by atoms with Crippen LogP contribution in [-0.4, -0.2) is 27.6 Å². The number of rotatable bonds is 5. The summed E-state index contributed by atoms with van der Waals surface area (Å²) in [5, 5.41) is 0.611. The van der Waals surface area contributed by atoms with Crippen LogP contribution in [0.2, 0.25) is 0 Å². The Kier molecular flexibility index (Phi) is 4.37. The molecule has 0 aliphatic heterocycles. The summed E-state index contributed by atoms with van der Waals surface area (Å²) in [5.41, 5.74) is 0.580. The summed E-state index contributed by atoms with van der Waals surface area (Å²) >= 11 is 0.